The molecule has 2 heterocycles. The molecular formula is C26H23Cl3N2O4S. The summed E-state index contributed by atoms with van der Waals surface area (Å²) < 4.78 is 12.9. The van der Waals surface area contributed by atoms with Crippen LogP contribution in [0.25, 0.3) is 6.08 Å². The van der Waals surface area contributed by atoms with Gasteiger partial charge in [-0.05, 0) is 55.3 Å². The maximum Gasteiger partial charge on any atom is 0.338 e. The number of thiazole rings is 1. The van der Waals surface area contributed by atoms with Crippen molar-refractivity contribution in [3.8, 4) is 5.75 Å². The maximum atomic E-state index is 13.8. The van der Waals surface area contributed by atoms with Gasteiger partial charge in [0.05, 0.1) is 29.5 Å². The molecule has 0 N–H and O–H groups in total. The van der Waals surface area contributed by atoms with Gasteiger partial charge in [-0.15, -0.1) is 0 Å². The average Bonchev–Trinajstić information content (AvgIpc) is 3.15. The Balaban J connectivity index is 2.06. The number of fused-ring (bicyclic) bond motifs is 1. The van der Waals surface area contributed by atoms with Crippen molar-refractivity contribution in [3.63, 3.8) is 0 Å². The van der Waals surface area contributed by atoms with Crippen molar-refractivity contribution in [1.82, 2.24) is 4.57 Å². The van der Waals surface area contributed by atoms with Gasteiger partial charge in [0.2, 0.25) is 0 Å². The van der Waals surface area contributed by atoms with E-state index in [1.54, 1.807) is 49.4 Å². The van der Waals surface area contributed by atoms with Gasteiger partial charge >= 0.3 is 5.97 Å². The molecule has 1 atom stereocenters. The zero-order chi connectivity index (χ0) is 26.0. The number of methoxy groups -OCH3 is 1. The van der Waals surface area contributed by atoms with E-state index in [4.69, 9.17) is 49.3 Å². The Kier molecular flexibility index (Phi) is 8.25. The van der Waals surface area contributed by atoms with Crippen molar-refractivity contribution in [2.45, 2.75) is 32.7 Å². The highest BCUT2D eigenvalue weighted by molar-refractivity contribution is 7.07. The molecule has 1 aromatic heterocycles. The molecule has 1 aliphatic rings. The Bertz CT molecular complexity index is 1540. The first-order valence-corrected chi connectivity index (χ1v) is 13.2. The van der Waals surface area contributed by atoms with Gasteiger partial charge in [0.1, 0.15) is 11.8 Å². The summed E-state index contributed by atoms with van der Waals surface area (Å²) in [6, 6.07) is 9.33. The molecule has 10 heteroatoms. The molecule has 4 rings (SSSR count). The fourth-order valence-electron chi connectivity index (χ4n) is 4.09. The van der Waals surface area contributed by atoms with E-state index in [-0.39, 0.29) is 12.2 Å². The molecule has 0 saturated heterocycles. The van der Waals surface area contributed by atoms with Crippen LogP contribution in [0.2, 0.25) is 15.1 Å². The zero-order valence-electron chi connectivity index (χ0n) is 19.8. The van der Waals surface area contributed by atoms with Crippen LogP contribution in [0.4, 0.5) is 0 Å². The van der Waals surface area contributed by atoms with Crippen LogP contribution in [0.3, 0.4) is 0 Å². The second-order valence-electron chi connectivity index (χ2n) is 7.97. The van der Waals surface area contributed by atoms with E-state index in [0.717, 1.165) is 6.42 Å². The Morgan fingerprint density at radius 2 is 1.86 bits per heavy atom. The van der Waals surface area contributed by atoms with Gasteiger partial charge in [0.15, 0.2) is 4.80 Å². The number of allylic oxidation sites excluding steroid dienone is 1. The molecule has 0 amide bonds. The number of esters is 1. The van der Waals surface area contributed by atoms with Gasteiger partial charge in [-0.1, -0.05) is 65.6 Å². The number of benzene rings is 2. The standard InChI is InChI=1S/C26H23Cl3N2O4S/c1-4-6-19-22(25(33)35-5-2)23(17-12-15(27)9-10-20(17)34-3)31-24(32)21(36-26(31)30-19)11-14-7-8-16(28)13-18(14)29/h7-13,23H,4-6H2,1-3H3/b21-11+/t23-/m0/s1. The van der Waals surface area contributed by atoms with Crippen LogP contribution in [0.5, 0.6) is 5.75 Å². The summed E-state index contributed by atoms with van der Waals surface area (Å²) in [6.07, 6.45) is 2.97. The lowest BCUT2D eigenvalue weighted by atomic mass is 9.93. The van der Waals surface area contributed by atoms with Gasteiger partial charge in [-0.2, -0.15) is 0 Å². The summed E-state index contributed by atoms with van der Waals surface area (Å²) in [7, 11) is 1.53. The maximum absolute atomic E-state index is 13.8. The third-order valence-electron chi connectivity index (χ3n) is 5.63. The Labute approximate surface area is 227 Å². The highest BCUT2D eigenvalue weighted by Crippen LogP contribution is 2.38. The quantitative estimate of drug-likeness (QED) is 0.352. The summed E-state index contributed by atoms with van der Waals surface area (Å²) >= 11 is 20.0. The van der Waals surface area contributed by atoms with Crippen molar-refractivity contribution in [2.24, 2.45) is 4.99 Å². The molecule has 3 aromatic rings. The smallest absolute Gasteiger partial charge is 0.338 e. The van der Waals surface area contributed by atoms with Crippen LogP contribution in [-0.4, -0.2) is 24.3 Å². The molecule has 6 nitrogen and oxygen atoms in total. The van der Waals surface area contributed by atoms with E-state index in [1.807, 2.05) is 6.92 Å². The van der Waals surface area contributed by atoms with Crippen LogP contribution in [0, 0.1) is 0 Å². The van der Waals surface area contributed by atoms with Crippen LogP contribution >= 0.6 is 46.1 Å². The predicted molar refractivity (Wildman–Crippen MR) is 144 cm³/mol. The Hall–Kier alpha value is -2.58. The Morgan fingerprint density at radius 3 is 2.53 bits per heavy atom. The van der Waals surface area contributed by atoms with E-state index in [9.17, 15) is 9.59 Å². The second kappa shape index (κ2) is 11.2. The van der Waals surface area contributed by atoms with Crippen LogP contribution in [-0.2, 0) is 9.53 Å². The van der Waals surface area contributed by atoms with Gasteiger partial charge in [-0.3, -0.25) is 9.36 Å². The fourth-order valence-corrected chi connectivity index (χ4v) is 5.75. The summed E-state index contributed by atoms with van der Waals surface area (Å²) in [4.78, 5) is 32.3. The topological polar surface area (TPSA) is 69.9 Å². The first-order chi connectivity index (χ1) is 17.3. The van der Waals surface area contributed by atoms with Gasteiger partial charge in [0, 0.05) is 20.6 Å². The summed E-state index contributed by atoms with van der Waals surface area (Å²) in [5, 5.41) is 1.35. The molecular weight excluding hydrogens is 543 g/mol. The Morgan fingerprint density at radius 1 is 1.14 bits per heavy atom. The van der Waals surface area contributed by atoms with E-state index < -0.39 is 12.0 Å². The minimum absolute atomic E-state index is 0.181. The number of carbonyl (C=O) groups is 1. The summed E-state index contributed by atoms with van der Waals surface area (Å²) in [5.74, 6) is -0.0500. The molecule has 0 fully saturated rings. The number of hydrogen-bond donors (Lipinski definition) is 0. The minimum atomic E-state index is -0.835. The van der Waals surface area contributed by atoms with Crippen molar-refractivity contribution in [1.29, 1.82) is 0 Å². The van der Waals surface area contributed by atoms with Crippen LogP contribution < -0.4 is 19.6 Å². The highest BCUT2D eigenvalue weighted by atomic mass is 35.5. The molecule has 0 radical (unpaired) electrons. The minimum Gasteiger partial charge on any atom is -0.496 e. The third-order valence-corrected chi connectivity index (χ3v) is 7.41. The van der Waals surface area contributed by atoms with Gasteiger partial charge in [-0.25, -0.2) is 9.79 Å². The molecule has 0 aliphatic carbocycles. The van der Waals surface area contributed by atoms with Crippen LogP contribution in [0.1, 0.15) is 43.9 Å². The number of aromatic nitrogens is 1. The molecule has 36 heavy (non-hydrogen) atoms. The number of hydrogen-bond acceptors (Lipinski definition) is 6. The number of nitrogens with zero attached hydrogens (tertiary/aromatic N) is 2. The molecule has 188 valence electrons. The molecule has 0 unspecified atom stereocenters. The second-order valence-corrected chi connectivity index (χ2v) is 10.3. The van der Waals surface area contributed by atoms with E-state index in [0.29, 0.717) is 59.0 Å². The lowest BCUT2D eigenvalue weighted by Crippen LogP contribution is -2.40. The van der Waals surface area contributed by atoms with Crippen molar-refractivity contribution >= 4 is 58.2 Å². The zero-order valence-corrected chi connectivity index (χ0v) is 22.9. The van der Waals surface area contributed by atoms with Crippen molar-refractivity contribution in [3.05, 3.63) is 93.6 Å². The highest BCUT2D eigenvalue weighted by Gasteiger charge is 2.36. The number of carbonyl (C=O) groups excluding carboxylic acids is 1. The van der Waals surface area contributed by atoms with Gasteiger partial charge in [0.25, 0.3) is 5.56 Å². The molecule has 0 spiro atoms. The predicted octanol–water partition coefficient (Wildman–Crippen LogP) is 5.55. The molecule has 2 aromatic carbocycles. The van der Waals surface area contributed by atoms with Crippen molar-refractivity contribution in [2.75, 3.05) is 13.7 Å². The normalized spacial score (nSPS) is 15.5. The van der Waals surface area contributed by atoms with E-state index >= 15 is 0 Å². The third kappa shape index (κ3) is 5.11. The molecule has 1 aliphatic heterocycles. The molecule has 0 saturated carbocycles. The SMILES string of the molecule is CCCC1=C(C(=O)OCC)[C@H](c2cc(Cl)ccc2OC)n2c(s/c(=C/c3ccc(Cl)cc3Cl)c2=O)=N1. The van der Waals surface area contributed by atoms with Crippen LogP contribution in [0.15, 0.2) is 57.5 Å². The number of ether oxygens (including phenoxy) is 2. The monoisotopic (exact) mass is 564 g/mol. The molecule has 0 bridgehead atoms. The fraction of sp³-hybridized carbons (Fsp3) is 0.269. The van der Waals surface area contributed by atoms with E-state index in [1.165, 1.54) is 23.0 Å². The van der Waals surface area contributed by atoms with Crippen molar-refractivity contribution < 1.29 is 14.3 Å². The van der Waals surface area contributed by atoms with E-state index in [2.05, 4.69) is 0 Å². The number of rotatable bonds is 7. The lowest BCUT2D eigenvalue weighted by Gasteiger charge is -2.27. The first-order valence-electron chi connectivity index (χ1n) is 11.3. The number of halogens is 3. The first kappa shape index (κ1) is 26.5. The summed E-state index contributed by atoms with van der Waals surface area (Å²) in [6.45, 7) is 3.91. The summed E-state index contributed by atoms with van der Waals surface area (Å²) in [5.41, 5.74) is 1.74. The average molecular weight is 566 g/mol. The van der Waals surface area contributed by atoms with Gasteiger partial charge < -0.3 is 9.47 Å². The largest absolute Gasteiger partial charge is 0.496 e. The lowest BCUT2D eigenvalue weighted by molar-refractivity contribution is -0.139.